The number of rotatable bonds is 2. The Labute approximate surface area is 130 Å². The number of hydrogen-bond donors (Lipinski definition) is 0. The number of hydrogen-bond acceptors (Lipinski definition) is 2. The van der Waals surface area contributed by atoms with Crippen LogP contribution in [0.5, 0.6) is 0 Å². The number of cyclic esters (lactones) is 1. The molecular formula is C20H18O2. The van der Waals surface area contributed by atoms with Gasteiger partial charge in [-0.25, -0.2) is 0 Å². The molecule has 1 aliphatic heterocycles. The molecule has 0 spiro atoms. The lowest BCUT2D eigenvalue weighted by Gasteiger charge is -2.16. The minimum Gasteiger partial charge on any atom is -0.460 e. The average molecular weight is 290 g/mol. The molecule has 0 saturated carbocycles. The van der Waals surface area contributed by atoms with Crippen LogP contribution >= 0.6 is 0 Å². The second kappa shape index (κ2) is 6.49. The molecule has 0 aromatic heterocycles. The highest BCUT2D eigenvalue weighted by atomic mass is 16.5. The van der Waals surface area contributed by atoms with Crippen molar-refractivity contribution >= 4 is 16.7 Å². The zero-order valence-corrected chi connectivity index (χ0v) is 12.6. The standard InChI is InChI=1S/C20H18O2/c1-2-17-13-16(14-22-20(17)21)7-5-6-15-10-11-18-8-3-4-9-19(18)12-15/h3-4,8-13,17H,2,6,14H2,1H3. The number of carbonyl (C=O) groups is 1. The summed E-state index contributed by atoms with van der Waals surface area (Å²) >= 11 is 0. The van der Waals surface area contributed by atoms with Crippen LogP contribution in [0.25, 0.3) is 10.8 Å². The van der Waals surface area contributed by atoms with Gasteiger partial charge >= 0.3 is 5.97 Å². The van der Waals surface area contributed by atoms with Crippen LogP contribution in [-0.2, 0) is 16.0 Å². The minimum absolute atomic E-state index is 0.137. The van der Waals surface area contributed by atoms with Crippen molar-refractivity contribution in [2.75, 3.05) is 6.61 Å². The molecule has 0 saturated heterocycles. The van der Waals surface area contributed by atoms with E-state index in [-0.39, 0.29) is 11.9 Å². The van der Waals surface area contributed by atoms with Gasteiger partial charge in [0.25, 0.3) is 0 Å². The van der Waals surface area contributed by atoms with Gasteiger partial charge in [0.15, 0.2) is 0 Å². The summed E-state index contributed by atoms with van der Waals surface area (Å²) in [6.45, 7) is 2.29. The Kier molecular flexibility index (Phi) is 4.25. The molecule has 0 radical (unpaired) electrons. The van der Waals surface area contributed by atoms with Crippen molar-refractivity contribution in [2.24, 2.45) is 5.92 Å². The molecule has 110 valence electrons. The van der Waals surface area contributed by atoms with Crippen molar-refractivity contribution in [3.63, 3.8) is 0 Å². The largest absolute Gasteiger partial charge is 0.460 e. The van der Waals surface area contributed by atoms with Gasteiger partial charge in [0.05, 0.1) is 5.92 Å². The fraction of sp³-hybridized carbons (Fsp3) is 0.250. The Morgan fingerprint density at radius 3 is 2.82 bits per heavy atom. The molecule has 2 aromatic carbocycles. The molecule has 2 aromatic rings. The molecule has 1 aliphatic rings. The van der Waals surface area contributed by atoms with E-state index in [1.807, 2.05) is 25.1 Å². The van der Waals surface area contributed by atoms with Crippen LogP contribution in [0.15, 0.2) is 54.1 Å². The molecule has 0 aliphatic carbocycles. The Bertz CT molecular complexity index is 790. The monoisotopic (exact) mass is 290 g/mol. The summed E-state index contributed by atoms with van der Waals surface area (Å²) in [4.78, 5) is 11.5. The predicted octanol–water partition coefficient (Wildman–Crippen LogP) is 3.90. The molecule has 3 rings (SSSR count). The fourth-order valence-electron chi connectivity index (χ4n) is 2.59. The van der Waals surface area contributed by atoms with Crippen LogP contribution < -0.4 is 0 Å². The minimum atomic E-state index is -0.140. The van der Waals surface area contributed by atoms with Crippen molar-refractivity contribution in [3.8, 4) is 11.8 Å². The van der Waals surface area contributed by atoms with Crippen molar-refractivity contribution in [1.29, 1.82) is 0 Å². The lowest BCUT2D eigenvalue weighted by atomic mass is 10.0. The Hall–Kier alpha value is -2.53. The third-order valence-electron chi connectivity index (χ3n) is 3.87. The maximum atomic E-state index is 11.5. The van der Waals surface area contributed by atoms with Gasteiger partial charge in [-0.15, -0.1) is 0 Å². The summed E-state index contributed by atoms with van der Waals surface area (Å²) in [7, 11) is 0. The van der Waals surface area contributed by atoms with E-state index in [0.29, 0.717) is 13.0 Å². The van der Waals surface area contributed by atoms with Crippen LogP contribution in [0, 0.1) is 17.8 Å². The Balaban J connectivity index is 1.73. The predicted molar refractivity (Wildman–Crippen MR) is 88.3 cm³/mol. The van der Waals surface area contributed by atoms with E-state index in [1.54, 1.807) is 0 Å². The molecule has 1 atom stereocenters. The quantitative estimate of drug-likeness (QED) is 0.619. The first-order chi connectivity index (χ1) is 10.8. The first-order valence-corrected chi connectivity index (χ1v) is 7.60. The van der Waals surface area contributed by atoms with E-state index in [9.17, 15) is 4.79 Å². The highest BCUT2D eigenvalue weighted by Gasteiger charge is 2.20. The molecule has 0 N–H and O–H groups in total. The lowest BCUT2D eigenvalue weighted by molar-refractivity contribution is -0.146. The van der Waals surface area contributed by atoms with Gasteiger partial charge in [-0.05, 0) is 22.8 Å². The second-order valence-electron chi connectivity index (χ2n) is 5.47. The zero-order chi connectivity index (χ0) is 15.4. The molecule has 2 heteroatoms. The van der Waals surface area contributed by atoms with E-state index in [1.165, 1.54) is 16.3 Å². The first-order valence-electron chi connectivity index (χ1n) is 7.60. The molecule has 0 amide bonds. The Morgan fingerprint density at radius 1 is 1.18 bits per heavy atom. The van der Waals surface area contributed by atoms with Crippen LogP contribution in [0.4, 0.5) is 0 Å². The van der Waals surface area contributed by atoms with Gasteiger partial charge in [0.2, 0.25) is 0 Å². The number of esters is 1. The molecule has 1 heterocycles. The highest BCUT2D eigenvalue weighted by molar-refractivity contribution is 5.83. The first kappa shape index (κ1) is 14.4. The van der Waals surface area contributed by atoms with Gasteiger partial charge in [0.1, 0.15) is 6.61 Å². The molecule has 0 fully saturated rings. The topological polar surface area (TPSA) is 26.3 Å². The highest BCUT2D eigenvalue weighted by Crippen LogP contribution is 2.17. The molecule has 2 nitrogen and oxygen atoms in total. The van der Waals surface area contributed by atoms with Gasteiger partial charge in [0, 0.05) is 12.0 Å². The van der Waals surface area contributed by atoms with E-state index >= 15 is 0 Å². The average Bonchev–Trinajstić information content (AvgIpc) is 2.56. The van der Waals surface area contributed by atoms with Gasteiger partial charge in [-0.2, -0.15) is 0 Å². The summed E-state index contributed by atoms with van der Waals surface area (Å²) in [5.74, 6) is 6.05. The van der Waals surface area contributed by atoms with Crippen molar-refractivity contribution in [3.05, 3.63) is 59.7 Å². The summed E-state index contributed by atoms with van der Waals surface area (Å²) in [5.41, 5.74) is 2.11. The molecular weight excluding hydrogens is 272 g/mol. The van der Waals surface area contributed by atoms with Gasteiger partial charge in [-0.3, -0.25) is 4.79 Å². The smallest absolute Gasteiger partial charge is 0.313 e. The number of benzene rings is 2. The maximum absolute atomic E-state index is 11.5. The molecule has 1 unspecified atom stereocenters. The van der Waals surface area contributed by atoms with Gasteiger partial charge in [-0.1, -0.05) is 67.3 Å². The van der Waals surface area contributed by atoms with E-state index in [4.69, 9.17) is 4.74 Å². The third-order valence-corrected chi connectivity index (χ3v) is 3.87. The van der Waals surface area contributed by atoms with E-state index in [2.05, 4.69) is 42.2 Å². The van der Waals surface area contributed by atoms with Crippen molar-refractivity contribution in [1.82, 2.24) is 0 Å². The van der Waals surface area contributed by atoms with Gasteiger partial charge < -0.3 is 4.74 Å². The summed E-state index contributed by atoms with van der Waals surface area (Å²) in [6.07, 6.45) is 3.40. The molecule has 22 heavy (non-hydrogen) atoms. The van der Waals surface area contributed by atoms with Crippen LogP contribution in [0.3, 0.4) is 0 Å². The number of ether oxygens (including phenoxy) is 1. The zero-order valence-electron chi connectivity index (χ0n) is 12.6. The fourth-order valence-corrected chi connectivity index (χ4v) is 2.59. The van der Waals surface area contributed by atoms with Crippen molar-refractivity contribution < 1.29 is 9.53 Å². The Morgan fingerprint density at radius 2 is 2.00 bits per heavy atom. The second-order valence-corrected chi connectivity index (χ2v) is 5.47. The van der Waals surface area contributed by atoms with Crippen LogP contribution in [0.1, 0.15) is 18.9 Å². The van der Waals surface area contributed by atoms with E-state index in [0.717, 1.165) is 12.0 Å². The summed E-state index contributed by atoms with van der Waals surface area (Å²) in [6, 6.07) is 14.7. The van der Waals surface area contributed by atoms with Crippen LogP contribution in [0.2, 0.25) is 0 Å². The number of fused-ring (bicyclic) bond motifs is 1. The lowest BCUT2D eigenvalue weighted by Crippen LogP contribution is -2.21. The third kappa shape index (κ3) is 3.20. The van der Waals surface area contributed by atoms with E-state index < -0.39 is 0 Å². The van der Waals surface area contributed by atoms with Crippen molar-refractivity contribution in [2.45, 2.75) is 19.8 Å². The number of carbonyl (C=O) groups excluding carboxylic acids is 1. The summed E-state index contributed by atoms with van der Waals surface area (Å²) in [5, 5.41) is 2.48. The van der Waals surface area contributed by atoms with Crippen LogP contribution in [-0.4, -0.2) is 12.6 Å². The molecule has 0 bridgehead atoms. The maximum Gasteiger partial charge on any atom is 0.313 e. The SMILES string of the molecule is CCC1C=C(C#CCc2ccc3ccccc3c2)COC1=O. The normalized spacial score (nSPS) is 17.4. The summed E-state index contributed by atoms with van der Waals surface area (Å²) < 4.78 is 5.14.